The average Bonchev–Trinajstić information content (AvgIpc) is 3.26. The highest BCUT2D eigenvalue weighted by molar-refractivity contribution is 9.10. The van der Waals surface area contributed by atoms with Gasteiger partial charge in [-0.2, -0.15) is 0 Å². The molecule has 2 saturated carbocycles. The van der Waals surface area contributed by atoms with E-state index in [0.29, 0.717) is 15.4 Å². The Bertz CT molecular complexity index is 622. The first-order valence-corrected chi connectivity index (χ1v) is 9.21. The summed E-state index contributed by atoms with van der Waals surface area (Å²) in [4.78, 5) is 0.334. The number of halogens is 1. The zero-order valence-corrected chi connectivity index (χ0v) is 13.9. The first-order valence-electron chi connectivity index (χ1n) is 6.94. The van der Waals surface area contributed by atoms with Gasteiger partial charge in [0.25, 0.3) is 0 Å². The maximum Gasteiger partial charge on any atom is 0.242 e. The lowest BCUT2D eigenvalue weighted by molar-refractivity contribution is 0.557. The monoisotopic (exact) mass is 358 g/mol. The van der Waals surface area contributed by atoms with Crippen molar-refractivity contribution < 1.29 is 8.42 Å². The van der Waals surface area contributed by atoms with Crippen molar-refractivity contribution in [3.05, 3.63) is 28.2 Å². The molecule has 2 aliphatic carbocycles. The van der Waals surface area contributed by atoms with E-state index in [2.05, 4.69) is 26.0 Å². The lowest BCUT2D eigenvalue weighted by atomic mass is 10.2. The standard InChI is InChI=1S/C14H19BrN2O2S/c1-14(6-7-14)17-20(18,19)13-8-10(2-5-12(13)15)9-16-11-3-4-11/h2,5,8,11,16-17H,3-4,6-7,9H2,1H3. The fourth-order valence-corrected chi connectivity index (χ4v) is 4.56. The van der Waals surface area contributed by atoms with E-state index in [9.17, 15) is 8.42 Å². The maximum atomic E-state index is 12.4. The largest absolute Gasteiger partial charge is 0.310 e. The summed E-state index contributed by atoms with van der Waals surface area (Å²) in [5, 5.41) is 3.40. The molecule has 0 bridgehead atoms. The first kappa shape index (κ1) is 14.5. The number of nitrogens with one attached hydrogen (secondary N) is 2. The van der Waals surface area contributed by atoms with Crippen LogP contribution in [0, 0.1) is 0 Å². The topological polar surface area (TPSA) is 58.2 Å². The summed E-state index contributed by atoms with van der Waals surface area (Å²) in [5.74, 6) is 0. The lowest BCUT2D eigenvalue weighted by Gasteiger charge is -2.14. The third-order valence-electron chi connectivity index (χ3n) is 3.84. The summed E-state index contributed by atoms with van der Waals surface area (Å²) < 4.78 is 28.3. The Morgan fingerprint density at radius 2 is 2.05 bits per heavy atom. The second-order valence-corrected chi connectivity index (χ2v) is 8.59. The molecule has 0 heterocycles. The van der Waals surface area contributed by atoms with Gasteiger partial charge in [0.15, 0.2) is 0 Å². The highest BCUT2D eigenvalue weighted by atomic mass is 79.9. The smallest absolute Gasteiger partial charge is 0.242 e. The van der Waals surface area contributed by atoms with Crippen LogP contribution in [-0.2, 0) is 16.6 Å². The average molecular weight is 359 g/mol. The van der Waals surface area contributed by atoms with E-state index in [0.717, 1.165) is 24.9 Å². The molecule has 0 unspecified atom stereocenters. The van der Waals surface area contributed by atoms with Gasteiger partial charge in [-0.15, -0.1) is 0 Å². The van der Waals surface area contributed by atoms with Crippen molar-refractivity contribution in [2.75, 3.05) is 0 Å². The van der Waals surface area contributed by atoms with Crippen LogP contribution in [0.4, 0.5) is 0 Å². The molecule has 0 atom stereocenters. The van der Waals surface area contributed by atoms with Gasteiger partial charge in [-0.25, -0.2) is 13.1 Å². The Labute approximate surface area is 128 Å². The molecule has 0 saturated heterocycles. The molecule has 2 N–H and O–H groups in total. The Hall–Kier alpha value is -0.430. The molecule has 110 valence electrons. The third-order valence-corrected chi connectivity index (χ3v) is 6.47. The second-order valence-electron chi connectivity index (χ2n) is 6.09. The van der Waals surface area contributed by atoms with Crippen LogP contribution >= 0.6 is 15.9 Å². The van der Waals surface area contributed by atoms with Crippen LogP contribution in [0.25, 0.3) is 0 Å². The summed E-state index contributed by atoms with van der Waals surface area (Å²) in [6.45, 7) is 2.66. The zero-order valence-electron chi connectivity index (χ0n) is 11.4. The van der Waals surface area contributed by atoms with E-state index in [1.807, 2.05) is 19.1 Å². The lowest BCUT2D eigenvalue weighted by Crippen LogP contribution is -2.34. The van der Waals surface area contributed by atoms with Gasteiger partial charge in [-0.3, -0.25) is 0 Å². The van der Waals surface area contributed by atoms with Crippen molar-refractivity contribution in [3.63, 3.8) is 0 Å². The Morgan fingerprint density at radius 1 is 1.35 bits per heavy atom. The molecule has 2 fully saturated rings. The van der Waals surface area contributed by atoms with Crippen LogP contribution < -0.4 is 10.0 Å². The minimum atomic E-state index is -3.46. The molecule has 1 aromatic rings. The molecule has 20 heavy (non-hydrogen) atoms. The van der Waals surface area contributed by atoms with Crippen LogP contribution in [0.5, 0.6) is 0 Å². The van der Waals surface area contributed by atoms with Crippen LogP contribution in [0.15, 0.2) is 27.6 Å². The summed E-state index contributed by atoms with van der Waals surface area (Å²) in [6.07, 6.45) is 4.27. The van der Waals surface area contributed by atoms with Crippen molar-refractivity contribution in [2.45, 2.75) is 55.6 Å². The molecule has 6 heteroatoms. The predicted molar refractivity (Wildman–Crippen MR) is 82.0 cm³/mol. The Balaban J connectivity index is 1.80. The highest BCUT2D eigenvalue weighted by Gasteiger charge is 2.41. The molecule has 3 rings (SSSR count). The van der Waals surface area contributed by atoms with Crippen molar-refractivity contribution in [3.8, 4) is 0 Å². The Kier molecular flexibility index (Phi) is 3.69. The minimum Gasteiger partial charge on any atom is -0.310 e. The number of hydrogen-bond donors (Lipinski definition) is 2. The van der Waals surface area contributed by atoms with Gasteiger partial charge in [0, 0.05) is 22.6 Å². The quantitative estimate of drug-likeness (QED) is 0.821. The molecule has 0 amide bonds. The molecule has 1 aromatic carbocycles. The molecule has 0 aliphatic heterocycles. The van der Waals surface area contributed by atoms with E-state index in [4.69, 9.17) is 0 Å². The molecule has 0 radical (unpaired) electrons. The van der Waals surface area contributed by atoms with Crippen molar-refractivity contribution in [1.29, 1.82) is 0 Å². The van der Waals surface area contributed by atoms with Gasteiger partial charge < -0.3 is 5.32 Å². The predicted octanol–water partition coefficient (Wildman–Crippen LogP) is 2.53. The maximum absolute atomic E-state index is 12.4. The number of benzene rings is 1. The molecule has 2 aliphatic rings. The van der Waals surface area contributed by atoms with Gasteiger partial charge >= 0.3 is 0 Å². The summed E-state index contributed by atoms with van der Waals surface area (Å²) >= 11 is 3.35. The molecular formula is C14H19BrN2O2S. The molecule has 4 nitrogen and oxygen atoms in total. The molecule has 0 spiro atoms. The van der Waals surface area contributed by atoms with Crippen LogP contribution in [0.3, 0.4) is 0 Å². The van der Waals surface area contributed by atoms with Crippen molar-refractivity contribution in [1.82, 2.24) is 10.0 Å². The van der Waals surface area contributed by atoms with E-state index in [1.165, 1.54) is 12.8 Å². The fourth-order valence-electron chi connectivity index (χ4n) is 2.08. The fraction of sp³-hybridized carbons (Fsp3) is 0.571. The van der Waals surface area contributed by atoms with E-state index in [-0.39, 0.29) is 5.54 Å². The number of rotatable bonds is 6. The van der Waals surface area contributed by atoms with Crippen LogP contribution in [0.1, 0.15) is 38.2 Å². The van der Waals surface area contributed by atoms with Crippen molar-refractivity contribution >= 4 is 26.0 Å². The van der Waals surface area contributed by atoms with Crippen molar-refractivity contribution in [2.24, 2.45) is 0 Å². The van der Waals surface area contributed by atoms with Gasteiger partial charge in [-0.1, -0.05) is 6.07 Å². The van der Waals surface area contributed by atoms with Gasteiger partial charge in [0.05, 0.1) is 4.90 Å². The van der Waals surface area contributed by atoms with E-state index in [1.54, 1.807) is 6.07 Å². The van der Waals surface area contributed by atoms with Gasteiger partial charge in [0.2, 0.25) is 10.0 Å². The summed E-state index contributed by atoms with van der Waals surface area (Å²) in [5.41, 5.74) is 0.752. The molecular weight excluding hydrogens is 340 g/mol. The number of sulfonamides is 1. The molecule has 0 aromatic heterocycles. The van der Waals surface area contributed by atoms with E-state index < -0.39 is 10.0 Å². The third kappa shape index (κ3) is 3.42. The highest BCUT2D eigenvalue weighted by Crippen LogP contribution is 2.36. The summed E-state index contributed by atoms with van der Waals surface area (Å²) in [6, 6.07) is 6.14. The van der Waals surface area contributed by atoms with Crippen LogP contribution in [0.2, 0.25) is 0 Å². The zero-order chi connectivity index (χ0) is 14.4. The SMILES string of the molecule is CC1(NS(=O)(=O)c2cc(CNC3CC3)ccc2Br)CC1. The normalized spacial score (nSPS) is 20.9. The second kappa shape index (κ2) is 5.09. The first-order chi connectivity index (χ1) is 9.38. The van der Waals surface area contributed by atoms with Crippen LogP contribution in [-0.4, -0.2) is 20.0 Å². The van der Waals surface area contributed by atoms with E-state index >= 15 is 0 Å². The van der Waals surface area contributed by atoms with Gasteiger partial charge in [0.1, 0.15) is 0 Å². The summed E-state index contributed by atoms with van der Waals surface area (Å²) in [7, 11) is -3.46. The number of hydrogen-bond acceptors (Lipinski definition) is 3. The minimum absolute atomic E-state index is 0.249. The van der Waals surface area contributed by atoms with Gasteiger partial charge in [-0.05, 0) is 66.2 Å². The Morgan fingerprint density at radius 3 is 2.65 bits per heavy atom.